The fraction of sp³-hybridized carbons (Fsp3) is 0.464. The highest BCUT2D eigenvalue weighted by molar-refractivity contribution is 8.00. The fourth-order valence-corrected chi connectivity index (χ4v) is 5.93. The quantitative estimate of drug-likeness (QED) is 0.340. The van der Waals surface area contributed by atoms with Crippen LogP contribution in [0, 0.1) is 0 Å². The number of rotatable bonds is 8. The van der Waals surface area contributed by atoms with Crippen molar-refractivity contribution in [3.8, 4) is 0 Å². The van der Waals surface area contributed by atoms with Crippen LogP contribution in [0.2, 0.25) is 0 Å². The second-order valence-corrected chi connectivity index (χ2v) is 11.1. The fourth-order valence-electron chi connectivity index (χ4n) is 4.91. The summed E-state index contributed by atoms with van der Waals surface area (Å²) in [4.78, 5) is 36.0. The molecule has 0 N–H and O–H groups in total. The van der Waals surface area contributed by atoms with Crippen LogP contribution in [0.5, 0.6) is 0 Å². The number of nitrogens with zero attached hydrogens (tertiary/aromatic N) is 4. The van der Waals surface area contributed by atoms with Gasteiger partial charge in [-0.1, -0.05) is 48.2 Å². The minimum Gasteiger partial charge on any atom is -0.337 e. The molecule has 1 aromatic heterocycles. The zero-order valence-electron chi connectivity index (χ0n) is 21.4. The predicted molar refractivity (Wildman–Crippen MR) is 144 cm³/mol. The van der Waals surface area contributed by atoms with E-state index in [1.54, 1.807) is 4.57 Å². The summed E-state index contributed by atoms with van der Waals surface area (Å²) in [7, 11) is 0. The summed E-state index contributed by atoms with van der Waals surface area (Å²) < 4.78 is 1.76. The Morgan fingerprint density at radius 2 is 1.66 bits per heavy atom. The van der Waals surface area contributed by atoms with E-state index < -0.39 is 0 Å². The molecular weight excluding hydrogens is 456 g/mol. The molecule has 2 aromatic carbocycles. The van der Waals surface area contributed by atoms with Crippen LogP contribution in [0.4, 0.5) is 0 Å². The Morgan fingerprint density at radius 3 is 2.37 bits per heavy atom. The summed E-state index contributed by atoms with van der Waals surface area (Å²) >= 11 is 1.39. The SMILES string of the molecule is CC(Sc1nc2ccccc2c(=O)n1CCN(C(C)C)C(C)C)C(=O)N1CCc2ccccc2C1. The number of hydrogen-bond acceptors (Lipinski definition) is 5. The van der Waals surface area contributed by atoms with Crippen LogP contribution in [0.1, 0.15) is 45.7 Å². The lowest BCUT2D eigenvalue weighted by Gasteiger charge is -2.31. The summed E-state index contributed by atoms with van der Waals surface area (Å²) in [6, 6.07) is 16.5. The smallest absolute Gasteiger partial charge is 0.262 e. The number of para-hydroxylation sites is 1. The van der Waals surface area contributed by atoms with Gasteiger partial charge in [0.25, 0.3) is 5.56 Å². The van der Waals surface area contributed by atoms with Gasteiger partial charge in [-0.25, -0.2) is 4.98 Å². The van der Waals surface area contributed by atoms with E-state index in [4.69, 9.17) is 4.98 Å². The van der Waals surface area contributed by atoms with Crippen LogP contribution in [-0.4, -0.2) is 55.7 Å². The minimum absolute atomic E-state index is 0.0443. The summed E-state index contributed by atoms with van der Waals surface area (Å²) in [6.07, 6.45) is 0.873. The Labute approximate surface area is 212 Å². The van der Waals surface area contributed by atoms with Crippen molar-refractivity contribution in [2.45, 2.75) is 76.6 Å². The standard InChI is InChI=1S/C28H36N4O2S/c1-19(2)31(20(3)4)16-17-32-27(34)24-12-8-9-13-25(24)29-28(32)35-21(5)26(33)30-15-14-22-10-6-7-11-23(22)18-30/h6-13,19-21H,14-18H2,1-5H3. The van der Waals surface area contributed by atoms with Crippen LogP contribution < -0.4 is 5.56 Å². The van der Waals surface area contributed by atoms with Crippen molar-refractivity contribution in [3.63, 3.8) is 0 Å². The van der Waals surface area contributed by atoms with Gasteiger partial charge in [0.05, 0.1) is 16.2 Å². The van der Waals surface area contributed by atoms with Crippen molar-refractivity contribution in [2.75, 3.05) is 13.1 Å². The van der Waals surface area contributed by atoms with Crippen molar-refractivity contribution in [1.29, 1.82) is 0 Å². The molecule has 0 radical (unpaired) electrons. The number of benzene rings is 2. The molecule has 1 atom stereocenters. The number of thioether (sulfide) groups is 1. The first kappa shape index (κ1) is 25.5. The van der Waals surface area contributed by atoms with Gasteiger partial charge in [-0.3, -0.25) is 19.1 Å². The zero-order valence-corrected chi connectivity index (χ0v) is 22.2. The van der Waals surface area contributed by atoms with Gasteiger partial charge in [-0.15, -0.1) is 0 Å². The highest BCUT2D eigenvalue weighted by Crippen LogP contribution is 2.26. The Morgan fingerprint density at radius 1 is 1.00 bits per heavy atom. The normalized spacial score (nSPS) is 14.7. The molecule has 0 fully saturated rings. The number of fused-ring (bicyclic) bond motifs is 2. The van der Waals surface area contributed by atoms with Gasteiger partial charge in [-0.05, 0) is 64.3 Å². The minimum atomic E-state index is -0.342. The first-order valence-corrected chi connectivity index (χ1v) is 13.4. The molecular formula is C28H36N4O2S. The van der Waals surface area contributed by atoms with Crippen molar-refractivity contribution in [2.24, 2.45) is 0 Å². The van der Waals surface area contributed by atoms with Crippen LogP contribution in [-0.2, 0) is 24.3 Å². The maximum atomic E-state index is 13.5. The van der Waals surface area contributed by atoms with Crippen molar-refractivity contribution >= 4 is 28.6 Å². The molecule has 35 heavy (non-hydrogen) atoms. The van der Waals surface area contributed by atoms with Crippen molar-refractivity contribution in [3.05, 3.63) is 70.0 Å². The number of amides is 1. The molecule has 1 unspecified atom stereocenters. The van der Waals surface area contributed by atoms with Gasteiger partial charge < -0.3 is 4.90 Å². The van der Waals surface area contributed by atoms with Gasteiger partial charge in [0.2, 0.25) is 5.91 Å². The summed E-state index contributed by atoms with van der Waals surface area (Å²) in [5.41, 5.74) is 3.17. The molecule has 2 heterocycles. The van der Waals surface area contributed by atoms with Gasteiger partial charge in [0.1, 0.15) is 0 Å². The summed E-state index contributed by atoms with van der Waals surface area (Å²) in [5.74, 6) is 0.0875. The number of carbonyl (C=O) groups is 1. The molecule has 186 valence electrons. The average molecular weight is 493 g/mol. The Balaban J connectivity index is 1.59. The number of aromatic nitrogens is 2. The molecule has 0 saturated carbocycles. The van der Waals surface area contributed by atoms with Crippen LogP contribution in [0.3, 0.4) is 0 Å². The molecule has 0 aliphatic carbocycles. The van der Waals surface area contributed by atoms with Crippen LogP contribution >= 0.6 is 11.8 Å². The molecule has 0 bridgehead atoms. The van der Waals surface area contributed by atoms with Gasteiger partial charge in [0.15, 0.2) is 5.16 Å². The summed E-state index contributed by atoms with van der Waals surface area (Å²) in [5, 5.41) is 0.884. The van der Waals surface area contributed by atoms with E-state index >= 15 is 0 Å². The first-order chi connectivity index (χ1) is 16.8. The Kier molecular flexibility index (Phi) is 7.97. The second kappa shape index (κ2) is 11.0. The lowest BCUT2D eigenvalue weighted by atomic mass is 10.00. The maximum Gasteiger partial charge on any atom is 0.262 e. The topological polar surface area (TPSA) is 58.4 Å². The second-order valence-electron chi connectivity index (χ2n) is 9.83. The van der Waals surface area contributed by atoms with E-state index in [0.717, 1.165) is 19.5 Å². The first-order valence-electron chi connectivity index (χ1n) is 12.5. The number of carbonyl (C=O) groups excluding carboxylic acids is 1. The lowest BCUT2D eigenvalue weighted by molar-refractivity contribution is -0.131. The van der Waals surface area contributed by atoms with E-state index in [1.807, 2.05) is 42.2 Å². The molecule has 0 spiro atoms. The van der Waals surface area contributed by atoms with Gasteiger partial charge in [0, 0.05) is 38.3 Å². The zero-order chi connectivity index (χ0) is 25.1. The molecule has 3 aromatic rings. The van der Waals surface area contributed by atoms with Gasteiger partial charge in [-0.2, -0.15) is 0 Å². The van der Waals surface area contributed by atoms with E-state index in [-0.39, 0.29) is 16.7 Å². The average Bonchev–Trinajstić information content (AvgIpc) is 2.84. The molecule has 0 saturated heterocycles. The van der Waals surface area contributed by atoms with Gasteiger partial charge >= 0.3 is 0 Å². The third-order valence-corrected chi connectivity index (χ3v) is 7.88. The molecule has 7 heteroatoms. The van der Waals surface area contributed by atoms with E-state index in [1.165, 1.54) is 22.9 Å². The van der Waals surface area contributed by atoms with Crippen LogP contribution in [0.15, 0.2) is 58.5 Å². The third-order valence-electron chi connectivity index (χ3n) is 6.81. The summed E-state index contributed by atoms with van der Waals surface area (Å²) in [6.45, 7) is 13.3. The lowest BCUT2D eigenvalue weighted by Crippen LogP contribution is -2.41. The molecule has 1 aliphatic heterocycles. The van der Waals surface area contributed by atoms with E-state index in [2.05, 4.69) is 50.8 Å². The maximum absolute atomic E-state index is 13.5. The molecule has 4 rings (SSSR count). The Bertz CT molecular complexity index is 1250. The predicted octanol–water partition coefficient (Wildman–Crippen LogP) is 4.58. The van der Waals surface area contributed by atoms with Crippen LogP contribution in [0.25, 0.3) is 10.9 Å². The highest BCUT2D eigenvalue weighted by Gasteiger charge is 2.27. The van der Waals surface area contributed by atoms with Crippen molar-refractivity contribution in [1.82, 2.24) is 19.4 Å². The van der Waals surface area contributed by atoms with Crippen molar-refractivity contribution < 1.29 is 4.79 Å². The number of hydrogen-bond donors (Lipinski definition) is 0. The monoisotopic (exact) mass is 492 g/mol. The van der Waals surface area contributed by atoms with E-state index in [9.17, 15) is 9.59 Å². The molecule has 6 nitrogen and oxygen atoms in total. The molecule has 1 amide bonds. The van der Waals surface area contributed by atoms with E-state index in [0.29, 0.717) is 41.2 Å². The highest BCUT2D eigenvalue weighted by atomic mass is 32.2. The molecule has 1 aliphatic rings. The Hall–Kier alpha value is -2.64. The largest absolute Gasteiger partial charge is 0.337 e. The third kappa shape index (κ3) is 5.62.